The maximum atomic E-state index is 12.3. The van der Waals surface area contributed by atoms with Crippen molar-refractivity contribution in [2.24, 2.45) is 5.41 Å². The second kappa shape index (κ2) is 6.03. The Morgan fingerprint density at radius 1 is 0.952 bits per heavy atom. The van der Waals surface area contributed by atoms with E-state index >= 15 is 0 Å². The number of esters is 1. The first kappa shape index (κ1) is 19.4. The zero-order chi connectivity index (χ0) is 17.2. The molecule has 5 nitrogen and oxygen atoms in total. The summed E-state index contributed by atoms with van der Waals surface area (Å²) in [5.41, 5.74) is -2.13. The Morgan fingerprint density at radius 3 is 1.67 bits per heavy atom. The summed E-state index contributed by atoms with van der Waals surface area (Å²) in [5, 5.41) is 1.40. The van der Waals surface area contributed by atoms with Crippen LogP contribution in [0.15, 0.2) is 0 Å². The van der Waals surface area contributed by atoms with Crippen LogP contribution in [0.3, 0.4) is 0 Å². The average molecular weight is 311 g/mol. The van der Waals surface area contributed by atoms with Gasteiger partial charge in [-0.05, 0) is 20.8 Å². The maximum absolute atomic E-state index is 12.3. The zero-order valence-corrected chi connectivity index (χ0v) is 12.8. The van der Waals surface area contributed by atoms with Gasteiger partial charge >= 0.3 is 18.1 Å². The van der Waals surface area contributed by atoms with E-state index in [0.717, 1.165) is 0 Å². The summed E-state index contributed by atoms with van der Waals surface area (Å²) < 4.78 is 41.8. The third kappa shape index (κ3) is 6.59. The van der Waals surface area contributed by atoms with Gasteiger partial charge in [0, 0.05) is 5.41 Å². The normalized spacial score (nSPS) is 14.3. The van der Waals surface area contributed by atoms with Gasteiger partial charge in [-0.2, -0.15) is 13.2 Å². The molecule has 0 saturated heterocycles. The van der Waals surface area contributed by atoms with Crippen molar-refractivity contribution < 1.29 is 32.3 Å². The van der Waals surface area contributed by atoms with Crippen LogP contribution >= 0.6 is 0 Å². The molecule has 0 heterocycles. The third-order valence-corrected chi connectivity index (χ3v) is 2.18. The van der Waals surface area contributed by atoms with Crippen molar-refractivity contribution in [3.05, 3.63) is 0 Å². The number of hydrogen-bond donors (Lipinski definition) is 1. The summed E-state index contributed by atoms with van der Waals surface area (Å²) in [4.78, 5) is 34.9. The molecule has 122 valence electrons. The smallest absolute Gasteiger partial charge is 0.458 e. The molecule has 0 spiro atoms. The highest BCUT2D eigenvalue weighted by atomic mass is 19.4. The minimum atomic E-state index is -5.20. The third-order valence-electron chi connectivity index (χ3n) is 2.18. The molecule has 1 unspecified atom stereocenters. The molecular weight excluding hydrogens is 291 g/mol. The maximum Gasteiger partial charge on any atom is 0.471 e. The number of halogens is 3. The van der Waals surface area contributed by atoms with Crippen LogP contribution in [0.25, 0.3) is 0 Å². The highest BCUT2D eigenvalue weighted by Crippen LogP contribution is 2.21. The van der Waals surface area contributed by atoms with Gasteiger partial charge in [0.2, 0.25) is 0 Å². The molecule has 1 atom stereocenters. The van der Waals surface area contributed by atoms with Gasteiger partial charge in [0.25, 0.3) is 0 Å². The predicted octanol–water partition coefficient (Wildman–Crippen LogP) is 1.99. The van der Waals surface area contributed by atoms with E-state index in [1.165, 1.54) is 46.9 Å². The minimum absolute atomic E-state index is 0.866. The van der Waals surface area contributed by atoms with E-state index in [0.29, 0.717) is 0 Å². The van der Waals surface area contributed by atoms with Gasteiger partial charge in [0.15, 0.2) is 11.8 Å². The van der Waals surface area contributed by atoms with Crippen molar-refractivity contribution in [1.82, 2.24) is 5.32 Å². The zero-order valence-electron chi connectivity index (χ0n) is 12.8. The van der Waals surface area contributed by atoms with E-state index in [4.69, 9.17) is 4.74 Å². The largest absolute Gasteiger partial charge is 0.471 e. The summed E-state index contributed by atoms with van der Waals surface area (Å²) in [6.45, 7) is 8.75. The highest BCUT2D eigenvalue weighted by molar-refractivity contribution is 6.08. The number of alkyl halides is 3. The van der Waals surface area contributed by atoms with Crippen LogP contribution in [0.1, 0.15) is 41.5 Å². The van der Waals surface area contributed by atoms with E-state index in [9.17, 15) is 27.6 Å². The molecule has 0 aromatic heterocycles. The fourth-order valence-corrected chi connectivity index (χ4v) is 1.24. The molecule has 0 fully saturated rings. The molecule has 0 aromatic rings. The predicted molar refractivity (Wildman–Crippen MR) is 68.3 cm³/mol. The molecule has 0 saturated carbocycles. The molecule has 1 amide bonds. The number of Topliss-reactive ketones (excluding diaryl/α,β-unsaturated/α-hetero) is 1. The van der Waals surface area contributed by atoms with Gasteiger partial charge in [0.1, 0.15) is 5.60 Å². The lowest BCUT2D eigenvalue weighted by Gasteiger charge is -2.27. The molecule has 0 bridgehead atoms. The van der Waals surface area contributed by atoms with E-state index in [1.54, 1.807) is 0 Å². The summed E-state index contributed by atoms with van der Waals surface area (Å²) in [5.74, 6) is -4.45. The van der Waals surface area contributed by atoms with Gasteiger partial charge < -0.3 is 10.1 Å². The van der Waals surface area contributed by atoms with Crippen LogP contribution in [-0.2, 0) is 19.1 Å². The first-order valence-electron chi connectivity index (χ1n) is 6.20. The van der Waals surface area contributed by atoms with Crippen molar-refractivity contribution >= 4 is 17.7 Å². The highest BCUT2D eigenvalue weighted by Gasteiger charge is 2.45. The van der Waals surface area contributed by atoms with Gasteiger partial charge in [-0.15, -0.1) is 0 Å². The van der Waals surface area contributed by atoms with E-state index in [2.05, 4.69) is 0 Å². The Hall–Kier alpha value is -1.60. The van der Waals surface area contributed by atoms with Crippen LogP contribution in [0.4, 0.5) is 13.2 Å². The molecule has 0 aliphatic carbocycles. The van der Waals surface area contributed by atoms with E-state index in [1.807, 2.05) is 0 Å². The van der Waals surface area contributed by atoms with Gasteiger partial charge in [-0.25, -0.2) is 4.79 Å². The lowest BCUT2D eigenvalue weighted by Crippen LogP contribution is -2.55. The Kier molecular flexibility index (Phi) is 5.57. The molecular formula is C13H20F3NO4. The molecule has 0 radical (unpaired) electrons. The SMILES string of the molecule is CC(C)(C)OC(=O)C(NC(=O)C(F)(F)F)C(=O)C(C)(C)C. The molecule has 8 heteroatoms. The van der Waals surface area contributed by atoms with Crippen LogP contribution in [0, 0.1) is 5.41 Å². The summed E-state index contributed by atoms with van der Waals surface area (Å²) in [7, 11) is 0. The second-order valence-corrected chi connectivity index (χ2v) is 6.55. The summed E-state index contributed by atoms with van der Waals surface area (Å²) in [6.07, 6.45) is -5.20. The number of nitrogens with one attached hydrogen (secondary N) is 1. The monoisotopic (exact) mass is 311 g/mol. The average Bonchev–Trinajstić information content (AvgIpc) is 2.18. The number of amides is 1. The van der Waals surface area contributed by atoms with Gasteiger partial charge in [-0.3, -0.25) is 9.59 Å². The fraction of sp³-hybridized carbons (Fsp3) is 0.769. The van der Waals surface area contributed by atoms with Crippen LogP contribution in [0.5, 0.6) is 0 Å². The first-order valence-corrected chi connectivity index (χ1v) is 6.20. The van der Waals surface area contributed by atoms with Crippen molar-refractivity contribution in [2.75, 3.05) is 0 Å². The number of hydrogen-bond acceptors (Lipinski definition) is 4. The van der Waals surface area contributed by atoms with Gasteiger partial charge in [-0.1, -0.05) is 20.8 Å². The quantitative estimate of drug-likeness (QED) is 0.639. The van der Waals surface area contributed by atoms with Crippen molar-refractivity contribution in [1.29, 1.82) is 0 Å². The number of carbonyl (C=O) groups excluding carboxylic acids is 3. The fourth-order valence-electron chi connectivity index (χ4n) is 1.24. The van der Waals surface area contributed by atoms with Gasteiger partial charge in [0.05, 0.1) is 0 Å². The summed E-state index contributed by atoms with van der Waals surface area (Å²) >= 11 is 0. The molecule has 0 rings (SSSR count). The summed E-state index contributed by atoms with van der Waals surface area (Å²) in [6, 6.07) is -2.00. The molecule has 0 aliphatic rings. The standard InChI is InChI=1S/C13H20F3NO4/c1-11(2,3)8(18)7(9(19)21-12(4,5)6)17-10(20)13(14,15)16/h7H,1-6H3,(H,17,20). The molecule has 1 N–H and O–H groups in total. The van der Waals surface area contributed by atoms with Crippen LogP contribution < -0.4 is 5.32 Å². The van der Waals surface area contributed by atoms with Crippen LogP contribution in [0.2, 0.25) is 0 Å². The van der Waals surface area contributed by atoms with E-state index in [-0.39, 0.29) is 0 Å². The van der Waals surface area contributed by atoms with E-state index < -0.39 is 40.9 Å². The topological polar surface area (TPSA) is 72.5 Å². The minimum Gasteiger partial charge on any atom is -0.458 e. The van der Waals surface area contributed by atoms with Crippen molar-refractivity contribution in [3.63, 3.8) is 0 Å². The lowest BCUT2D eigenvalue weighted by atomic mass is 9.86. The molecule has 0 aliphatic heterocycles. The first-order chi connectivity index (χ1) is 9.05. The Labute approximate surface area is 121 Å². The van der Waals surface area contributed by atoms with Crippen molar-refractivity contribution in [3.8, 4) is 0 Å². The molecule has 21 heavy (non-hydrogen) atoms. The van der Waals surface area contributed by atoms with Crippen molar-refractivity contribution in [2.45, 2.75) is 59.4 Å². The Morgan fingerprint density at radius 2 is 1.38 bits per heavy atom. The Bertz CT molecular complexity index is 430. The number of ether oxygens (including phenoxy) is 1. The number of rotatable bonds is 3. The lowest BCUT2D eigenvalue weighted by molar-refractivity contribution is -0.178. The molecule has 0 aromatic carbocycles. The van der Waals surface area contributed by atoms with Crippen LogP contribution in [-0.4, -0.2) is 35.5 Å². The number of ketones is 1. The number of carbonyl (C=O) groups is 3. The Balaban J connectivity index is 5.36. The second-order valence-electron chi connectivity index (χ2n) is 6.55.